The Labute approximate surface area is 87.0 Å². The van der Waals surface area contributed by atoms with Crippen molar-refractivity contribution in [2.24, 2.45) is 11.8 Å². The number of rotatable bonds is 8. The smallest absolute Gasteiger partial charge is 0.220 e. The second kappa shape index (κ2) is 5.13. The molecule has 14 heavy (non-hydrogen) atoms. The zero-order valence-corrected chi connectivity index (χ0v) is 9.13. The second-order valence-corrected chi connectivity index (χ2v) is 4.65. The van der Waals surface area contributed by atoms with Gasteiger partial charge in [0.2, 0.25) is 6.29 Å². The molecule has 0 amide bonds. The fourth-order valence-corrected chi connectivity index (χ4v) is 1.59. The Balaban J connectivity index is 1.38. The monoisotopic (exact) mass is 197 g/mol. The minimum Gasteiger partial charge on any atom is -0.346 e. The molecule has 2 saturated carbocycles. The fraction of sp³-hybridized carbons (Fsp3) is 0.917. The Hall–Kier alpha value is -0.0800. The molecule has 0 heterocycles. The molecule has 0 atom stereocenters. The van der Waals surface area contributed by atoms with Crippen LogP contribution in [0, 0.1) is 18.1 Å². The zero-order chi connectivity index (χ0) is 9.80. The van der Waals surface area contributed by atoms with Gasteiger partial charge < -0.3 is 9.47 Å². The summed E-state index contributed by atoms with van der Waals surface area (Å²) in [6, 6.07) is 0. The van der Waals surface area contributed by atoms with Gasteiger partial charge >= 0.3 is 0 Å². The molecule has 0 aromatic rings. The summed E-state index contributed by atoms with van der Waals surface area (Å²) in [5.41, 5.74) is 0. The molecule has 2 rings (SSSR count). The van der Waals surface area contributed by atoms with Crippen molar-refractivity contribution in [1.29, 1.82) is 0 Å². The molecular weight excluding hydrogens is 176 g/mol. The molecule has 2 fully saturated rings. The first kappa shape index (κ1) is 10.4. The molecule has 0 aliphatic heterocycles. The summed E-state index contributed by atoms with van der Waals surface area (Å²) in [5, 5.41) is 0. The predicted octanol–water partition coefficient (Wildman–Crippen LogP) is 3.13. The van der Waals surface area contributed by atoms with Crippen LogP contribution in [0.1, 0.15) is 45.4 Å². The molecule has 81 valence electrons. The number of hydrogen-bond donors (Lipinski definition) is 0. The van der Waals surface area contributed by atoms with Gasteiger partial charge in [0.1, 0.15) is 0 Å². The predicted molar refractivity (Wildman–Crippen MR) is 55.5 cm³/mol. The lowest BCUT2D eigenvalue weighted by atomic mass is 10.3. The van der Waals surface area contributed by atoms with Crippen LogP contribution >= 0.6 is 0 Å². The molecule has 0 N–H and O–H groups in total. The minimum absolute atomic E-state index is 0.770. The van der Waals surface area contributed by atoms with Gasteiger partial charge in [-0.3, -0.25) is 0 Å². The average molecular weight is 197 g/mol. The van der Waals surface area contributed by atoms with Crippen LogP contribution in [0.2, 0.25) is 0 Å². The summed E-state index contributed by atoms with van der Waals surface area (Å²) in [4.78, 5) is 0. The first-order chi connectivity index (χ1) is 6.84. The molecule has 0 unspecified atom stereocenters. The van der Waals surface area contributed by atoms with Crippen LogP contribution < -0.4 is 0 Å². The molecule has 0 spiro atoms. The third kappa shape index (κ3) is 4.43. The molecule has 0 saturated heterocycles. The molecule has 2 aliphatic rings. The first-order valence-electron chi connectivity index (χ1n) is 5.94. The van der Waals surface area contributed by atoms with Crippen LogP contribution in [0.3, 0.4) is 0 Å². The fourth-order valence-electron chi connectivity index (χ4n) is 1.59. The second-order valence-electron chi connectivity index (χ2n) is 4.65. The molecule has 0 bridgehead atoms. The molecule has 1 radical (unpaired) electrons. The number of ether oxygens (including phenoxy) is 2. The molecular formula is C12H21O2. The van der Waals surface area contributed by atoms with Gasteiger partial charge in [0.15, 0.2) is 0 Å². The van der Waals surface area contributed by atoms with Crippen molar-refractivity contribution in [2.45, 2.75) is 45.4 Å². The summed E-state index contributed by atoms with van der Waals surface area (Å²) >= 11 is 0. The van der Waals surface area contributed by atoms with Gasteiger partial charge in [-0.15, -0.1) is 0 Å². The maximum atomic E-state index is 5.49. The van der Waals surface area contributed by atoms with Crippen molar-refractivity contribution in [1.82, 2.24) is 0 Å². The van der Waals surface area contributed by atoms with Gasteiger partial charge in [-0.2, -0.15) is 0 Å². The highest BCUT2D eigenvalue weighted by Crippen LogP contribution is 2.33. The van der Waals surface area contributed by atoms with Crippen molar-refractivity contribution in [3.63, 3.8) is 0 Å². The van der Waals surface area contributed by atoms with E-state index in [0.717, 1.165) is 31.3 Å². The Morgan fingerprint density at radius 1 is 0.929 bits per heavy atom. The van der Waals surface area contributed by atoms with Gasteiger partial charge in [-0.05, 0) is 31.6 Å². The maximum Gasteiger partial charge on any atom is 0.220 e. The van der Waals surface area contributed by atoms with E-state index in [2.05, 4.69) is 0 Å². The van der Waals surface area contributed by atoms with E-state index in [1.165, 1.54) is 38.5 Å². The summed E-state index contributed by atoms with van der Waals surface area (Å²) < 4.78 is 11.0. The van der Waals surface area contributed by atoms with Crippen LogP contribution in [0.5, 0.6) is 0 Å². The Morgan fingerprint density at radius 3 is 1.71 bits per heavy atom. The highest BCUT2D eigenvalue weighted by Gasteiger charge is 2.22. The van der Waals surface area contributed by atoms with Crippen LogP contribution in [0.4, 0.5) is 0 Å². The highest BCUT2D eigenvalue weighted by molar-refractivity contribution is 4.74. The Bertz CT molecular complexity index is 144. The summed E-state index contributed by atoms with van der Waals surface area (Å²) in [5.74, 6) is 1.91. The molecule has 0 aromatic heterocycles. The average Bonchev–Trinajstić information content (AvgIpc) is 2.99. The number of hydrogen-bond acceptors (Lipinski definition) is 2. The van der Waals surface area contributed by atoms with Crippen LogP contribution in [0.15, 0.2) is 0 Å². The van der Waals surface area contributed by atoms with E-state index in [-0.39, 0.29) is 0 Å². The van der Waals surface area contributed by atoms with Crippen molar-refractivity contribution in [3.8, 4) is 0 Å². The molecule has 0 aromatic carbocycles. The van der Waals surface area contributed by atoms with E-state index >= 15 is 0 Å². The lowest BCUT2D eigenvalue weighted by Crippen LogP contribution is -2.07. The third-order valence-electron chi connectivity index (χ3n) is 3.06. The highest BCUT2D eigenvalue weighted by atomic mass is 16.7. The van der Waals surface area contributed by atoms with Crippen molar-refractivity contribution in [2.75, 3.05) is 13.2 Å². The summed E-state index contributed by atoms with van der Waals surface area (Å²) in [7, 11) is 0. The standard InChI is InChI=1S/C12H21O2/c1-10(13-8-6-11-2-3-11)14-9-7-12-4-5-12/h11-12H,2-9H2,1H3. The van der Waals surface area contributed by atoms with Crippen molar-refractivity contribution >= 4 is 0 Å². The lowest BCUT2D eigenvalue weighted by molar-refractivity contribution is -0.0404. The van der Waals surface area contributed by atoms with Crippen LogP contribution in [-0.2, 0) is 9.47 Å². The quantitative estimate of drug-likeness (QED) is 0.595. The van der Waals surface area contributed by atoms with E-state index in [1.54, 1.807) is 0 Å². The molecule has 2 heteroatoms. The molecule has 2 nitrogen and oxygen atoms in total. The van der Waals surface area contributed by atoms with Gasteiger partial charge in [-0.25, -0.2) is 0 Å². The van der Waals surface area contributed by atoms with Crippen molar-refractivity contribution < 1.29 is 9.47 Å². The Kier molecular flexibility index (Phi) is 3.82. The van der Waals surface area contributed by atoms with E-state index in [0.29, 0.717) is 0 Å². The Morgan fingerprint density at radius 2 is 1.36 bits per heavy atom. The van der Waals surface area contributed by atoms with Crippen LogP contribution in [-0.4, -0.2) is 13.2 Å². The largest absolute Gasteiger partial charge is 0.346 e. The maximum absolute atomic E-state index is 5.49. The molecule has 2 aliphatic carbocycles. The minimum atomic E-state index is 0.770. The van der Waals surface area contributed by atoms with E-state index in [4.69, 9.17) is 9.47 Å². The van der Waals surface area contributed by atoms with Crippen LogP contribution in [0.25, 0.3) is 0 Å². The van der Waals surface area contributed by atoms with E-state index in [9.17, 15) is 0 Å². The first-order valence-corrected chi connectivity index (χ1v) is 5.94. The topological polar surface area (TPSA) is 18.5 Å². The van der Waals surface area contributed by atoms with E-state index in [1.807, 2.05) is 6.92 Å². The van der Waals surface area contributed by atoms with Gasteiger partial charge in [0.05, 0.1) is 13.2 Å². The lowest BCUT2D eigenvalue weighted by Gasteiger charge is -2.11. The summed E-state index contributed by atoms with van der Waals surface area (Å²) in [6.07, 6.45) is 8.82. The summed E-state index contributed by atoms with van der Waals surface area (Å²) in [6.45, 7) is 3.62. The normalized spacial score (nSPS) is 21.9. The van der Waals surface area contributed by atoms with Gasteiger partial charge in [-0.1, -0.05) is 25.7 Å². The van der Waals surface area contributed by atoms with Gasteiger partial charge in [0, 0.05) is 0 Å². The van der Waals surface area contributed by atoms with Gasteiger partial charge in [0.25, 0.3) is 0 Å². The third-order valence-corrected chi connectivity index (χ3v) is 3.06. The zero-order valence-electron chi connectivity index (χ0n) is 9.13. The SMILES string of the molecule is C[C](OCCC1CC1)OCCC1CC1. The van der Waals surface area contributed by atoms with E-state index < -0.39 is 0 Å². The van der Waals surface area contributed by atoms with Crippen molar-refractivity contribution in [3.05, 3.63) is 6.29 Å².